The largest absolute Gasteiger partial charge is 0.468 e. The van der Waals surface area contributed by atoms with Crippen molar-refractivity contribution in [1.82, 2.24) is 9.88 Å². The quantitative estimate of drug-likeness (QED) is 0.738. The molecule has 128 valence electrons. The summed E-state index contributed by atoms with van der Waals surface area (Å²) in [6.07, 6.45) is 1.61. The number of nitrogens with one attached hydrogen (secondary N) is 1. The maximum absolute atomic E-state index is 13.9. The topological polar surface area (TPSA) is 78.2 Å². The lowest BCUT2D eigenvalue weighted by atomic mass is 10.2. The van der Waals surface area contributed by atoms with E-state index in [1.165, 1.54) is 6.07 Å². The van der Waals surface area contributed by atoms with Crippen LogP contribution in [0.4, 0.5) is 10.3 Å². The van der Waals surface area contributed by atoms with Crippen LogP contribution in [0.1, 0.15) is 17.5 Å². The highest BCUT2D eigenvalue weighted by Gasteiger charge is 2.21. The van der Waals surface area contributed by atoms with Crippen molar-refractivity contribution in [3.05, 3.63) is 59.9 Å². The van der Waals surface area contributed by atoms with Crippen LogP contribution >= 0.6 is 0 Å². The third-order valence-corrected chi connectivity index (χ3v) is 3.79. The Balaban J connectivity index is 1.83. The summed E-state index contributed by atoms with van der Waals surface area (Å²) in [5, 5.41) is 12.3. The molecule has 6 nitrogen and oxygen atoms in total. The van der Waals surface area contributed by atoms with E-state index in [1.807, 2.05) is 37.2 Å². The van der Waals surface area contributed by atoms with E-state index in [4.69, 9.17) is 8.83 Å². The Hall–Kier alpha value is -3.11. The number of likely N-dealkylation sites (N-methyl/N-ethyl adjacent to an activating group) is 1. The van der Waals surface area contributed by atoms with Crippen LogP contribution in [0.3, 0.4) is 0 Å². The van der Waals surface area contributed by atoms with Crippen LogP contribution in [0.15, 0.2) is 51.5 Å². The first-order valence-corrected chi connectivity index (χ1v) is 7.69. The molecule has 0 fully saturated rings. The van der Waals surface area contributed by atoms with Gasteiger partial charge in [-0.3, -0.25) is 4.90 Å². The van der Waals surface area contributed by atoms with Gasteiger partial charge in [0.05, 0.1) is 17.9 Å². The molecule has 2 aromatic heterocycles. The third kappa shape index (κ3) is 3.54. The zero-order valence-electron chi connectivity index (χ0n) is 13.9. The summed E-state index contributed by atoms with van der Waals surface area (Å²) in [5.41, 5.74) is 0.289. The van der Waals surface area contributed by atoms with Crippen LogP contribution in [0.5, 0.6) is 0 Å². The summed E-state index contributed by atoms with van der Waals surface area (Å²) in [5.74, 6) is 0.599. The van der Waals surface area contributed by atoms with Gasteiger partial charge in [0.25, 0.3) is 0 Å². The zero-order chi connectivity index (χ0) is 17.8. The van der Waals surface area contributed by atoms with Crippen LogP contribution in [0.25, 0.3) is 11.5 Å². The van der Waals surface area contributed by atoms with Crippen molar-refractivity contribution >= 4 is 5.88 Å². The maximum Gasteiger partial charge on any atom is 0.233 e. The molecule has 25 heavy (non-hydrogen) atoms. The van der Waals surface area contributed by atoms with Crippen molar-refractivity contribution in [2.75, 3.05) is 26.0 Å². The predicted molar refractivity (Wildman–Crippen MR) is 90.2 cm³/mol. The molecule has 0 amide bonds. The number of benzene rings is 1. The van der Waals surface area contributed by atoms with Gasteiger partial charge in [0, 0.05) is 6.54 Å². The summed E-state index contributed by atoms with van der Waals surface area (Å²) in [4.78, 5) is 6.06. The lowest BCUT2D eigenvalue weighted by Gasteiger charge is -2.22. The average Bonchev–Trinajstić information content (AvgIpc) is 3.25. The van der Waals surface area contributed by atoms with Gasteiger partial charge in [0.2, 0.25) is 17.5 Å². The summed E-state index contributed by atoms with van der Waals surface area (Å²) in [7, 11) is 3.84. The highest BCUT2D eigenvalue weighted by molar-refractivity contribution is 5.59. The van der Waals surface area contributed by atoms with E-state index in [-0.39, 0.29) is 29.1 Å². The Morgan fingerprint density at radius 3 is 2.72 bits per heavy atom. The normalized spacial score (nSPS) is 12.1. The molecule has 0 spiro atoms. The zero-order valence-corrected chi connectivity index (χ0v) is 13.9. The van der Waals surface area contributed by atoms with Gasteiger partial charge in [0.15, 0.2) is 0 Å². The Kier molecular flexibility index (Phi) is 4.82. The Morgan fingerprint density at radius 1 is 1.28 bits per heavy atom. The summed E-state index contributed by atoms with van der Waals surface area (Å²) in [6.45, 7) is 0.432. The first-order valence-electron chi connectivity index (χ1n) is 7.69. The second-order valence-electron chi connectivity index (χ2n) is 5.66. The molecule has 7 heteroatoms. The molecular weight excluding hydrogens is 323 g/mol. The highest BCUT2D eigenvalue weighted by atomic mass is 19.1. The van der Waals surface area contributed by atoms with Crippen molar-refractivity contribution in [1.29, 1.82) is 5.26 Å². The van der Waals surface area contributed by atoms with E-state index in [0.29, 0.717) is 6.54 Å². The fourth-order valence-electron chi connectivity index (χ4n) is 2.47. The van der Waals surface area contributed by atoms with Crippen LogP contribution in [-0.2, 0) is 0 Å². The van der Waals surface area contributed by atoms with E-state index < -0.39 is 5.82 Å². The van der Waals surface area contributed by atoms with E-state index in [9.17, 15) is 9.65 Å². The Morgan fingerprint density at radius 2 is 2.08 bits per heavy atom. The molecule has 0 bridgehead atoms. The van der Waals surface area contributed by atoms with Gasteiger partial charge in [-0.2, -0.15) is 10.2 Å². The van der Waals surface area contributed by atoms with Crippen molar-refractivity contribution in [2.45, 2.75) is 6.04 Å². The molecule has 2 heterocycles. The van der Waals surface area contributed by atoms with E-state index >= 15 is 0 Å². The second kappa shape index (κ2) is 7.20. The summed E-state index contributed by atoms with van der Waals surface area (Å²) >= 11 is 0. The minimum atomic E-state index is -0.457. The molecule has 0 unspecified atom stereocenters. The van der Waals surface area contributed by atoms with Crippen molar-refractivity contribution in [3.8, 4) is 17.5 Å². The minimum absolute atomic E-state index is 0.0662. The fourth-order valence-corrected chi connectivity index (χ4v) is 2.47. The molecule has 1 N–H and O–H groups in total. The molecule has 0 radical (unpaired) electrons. The number of aromatic nitrogens is 1. The van der Waals surface area contributed by atoms with E-state index in [2.05, 4.69) is 10.3 Å². The number of rotatable bonds is 6. The number of nitriles is 1. The molecule has 0 saturated carbocycles. The number of hydrogen-bond donors (Lipinski definition) is 1. The molecule has 0 saturated heterocycles. The number of anilines is 1. The molecule has 3 aromatic rings. The first-order chi connectivity index (χ1) is 12.1. The SMILES string of the molecule is CN(C)[C@@H](CNc1oc(-c2ccccc2F)nc1C#N)c1ccco1. The third-order valence-electron chi connectivity index (χ3n) is 3.79. The lowest BCUT2D eigenvalue weighted by molar-refractivity contribution is 0.268. The average molecular weight is 340 g/mol. The van der Waals surface area contributed by atoms with E-state index in [0.717, 1.165) is 5.76 Å². The fraction of sp³-hybridized carbons (Fsp3) is 0.222. The van der Waals surface area contributed by atoms with Crippen molar-refractivity contribution in [3.63, 3.8) is 0 Å². The van der Waals surface area contributed by atoms with E-state index in [1.54, 1.807) is 24.5 Å². The van der Waals surface area contributed by atoms with Gasteiger partial charge in [0.1, 0.15) is 17.6 Å². The molecule has 1 aromatic carbocycles. The van der Waals surface area contributed by atoms with Crippen LogP contribution in [0, 0.1) is 17.1 Å². The van der Waals surface area contributed by atoms with Gasteiger partial charge in [-0.05, 0) is 38.4 Å². The molecule has 0 aliphatic carbocycles. The maximum atomic E-state index is 13.9. The smallest absolute Gasteiger partial charge is 0.233 e. The summed E-state index contributed by atoms with van der Waals surface area (Å²) < 4.78 is 24.9. The lowest BCUT2D eigenvalue weighted by Crippen LogP contribution is -2.26. The Bertz CT molecular complexity index is 881. The first kappa shape index (κ1) is 16.7. The highest BCUT2D eigenvalue weighted by Crippen LogP contribution is 2.28. The number of oxazole rings is 1. The van der Waals surface area contributed by atoms with Crippen LogP contribution in [-0.4, -0.2) is 30.5 Å². The predicted octanol–water partition coefficient (Wildman–Crippen LogP) is 3.66. The van der Waals surface area contributed by atoms with Crippen LogP contribution in [0.2, 0.25) is 0 Å². The number of hydrogen-bond acceptors (Lipinski definition) is 6. The summed E-state index contributed by atoms with van der Waals surface area (Å²) in [6, 6.07) is 11.7. The van der Waals surface area contributed by atoms with Gasteiger partial charge < -0.3 is 14.2 Å². The molecule has 1 atom stereocenters. The Labute approximate surface area is 144 Å². The minimum Gasteiger partial charge on any atom is -0.468 e. The molecular formula is C18H17FN4O2. The number of halogens is 1. The van der Waals surface area contributed by atoms with Crippen LogP contribution < -0.4 is 5.32 Å². The number of furan rings is 1. The second-order valence-corrected chi connectivity index (χ2v) is 5.66. The van der Waals surface area contributed by atoms with Gasteiger partial charge >= 0.3 is 0 Å². The van der Waals surface area contributed by atoms with Gasteiger partial charge in [-0.15, -0.1) is 0 Å². The molecule has 0 aliphatic rings. The standard InChI is InChI=1S/C18H17FN4O2/c1-23(2)15(16-8-5-9-24-16)11-21-18-14(10-20)22-17(25-18)12-6-3-4-7-13(12)19/h3-9,15,21H,11H2,1-2H3/t15-/m0/s1. The van der Waals surface area contributed by atoms with Crippen molar-refractivity contribution in [2.24, 2.45) is 0 Å². The van der Waals surface area contributed by atoms with Gasteiger partial charge in [-0.25, -0.2) is 4.39 Å². The molecule has 3 rings (SSSR count). The number of nitrogens with zero attached hydrogens (tertiary/aromatic N) is 3. The molecule has 0 aliphatic heterocycles. The van der Waals surface area contributed by atoms with Gasteiger partial charge in [-0.1, -0.05) is 12.1 Å². The monoisotopic (exact) mass is 340 g/mol. The van der Waals surface area contributed by atoms with Crippen molar-refractivity contribution < 1.29 is 13.2 Å².